The minimum absolute atomic E-state index is 0.00641. The first-order valence-electron chi connectivity index (χ1n) is 20.1. The van der Waals surface area contributed by atoms with Crippen molar-refractivity contribution in [3.05, 3.63) is 23.8 Å². The number of nitrogens with zero attached hydrogens (tertiary/aromatic N) is 4. The number of halogens is 4. The summed E-state index contributed by atoms with van der Waals surface area (Å²) in [6.45, 7) is 1.10. The Morgan fingerprint density at radius 1 is 0.784 bits per heavy atom. The average molecular weight is 721 g/mol. The van der Waals surface area contributed by atoms with Gasteiger partial charge in [0.1, 0.15) is 17.6 Å². The number of carbonyl (C=O) groups is 1. The first-order valence-corrected chi connectivity index (χ1v) is 20.1. The van der Waals surface area contributed by atoms with E-state index >= 15 is 4.39 Å². The molecule has 4 aliphatic rings. The number of aromatic nitrogens is 4. The molecule has 3 fully saturated rings. The van der Waals surface area contributed by atoms with Crippen LogP contribution in [-0.4, -0.2) is 57.1 Å². The molecule has 0 spiro atoms. The number of alkyl halides is 4. The molecule has 0 radical (unpaired) electrons. The van der Waals surface area contributed by atoms with Crippen LogP contribution in [0.1, 0.15) is 157 Å². The SMILES string of the molecule is Nc1nn2c(c1C(=O)NC1CNCC(C3CCCCCCCCC3)C1n1cnc(C(F)(F)F)c1)NCC(F)C2C1CCCCCCCCCCC1. The minimum atomic E-state index is -4.57. The summed E-state index contributed by atoms with van der Waals surface area (Å²) in [5.74, 6) is 0.392. The number of amides is 1. The molecule has 5 unspecified atom stereocenters. The van der Waals surface area contributed by atoms with Crippen molar-refractivity contribution in [1.82, 2.24) is 30.0 Å². The number of hydrogen-bond donors (Lipinski definition) is 4. The van der Waals surface area contributed by atoms with Crippen molar-refractivity contribution in [2.75, 3.05) is 30.7 Å². The Morgan fingerprint density at radius 3 is 1.88 bits per heavy atom. The van der Waals surface area contributed by atoms with E-state index in [4.69, 9.17) is 5.73 Å². The van der Waals surface area contributed by atoms with Gasteiger partial charge in [0.15, 0.2) is 11.5 Å². The highest BCUT2D eigenvalue weighted by Gasteiger charge is 2.43. The van der Waals surface area contributed by atoms with Crippen LogP contribution in [0.5, 0.6) is 0 Å². The molecule has 0 aromatic carbocycles. The normalized spacial score (nSPS) is 28.8. The Kier molecular flexibility index (Phi) is 13.2. The third kappa shape index (κ3) is 9.40. The topological polar surface area (TPSA) is 115 Å². The zero-order valence-electron chi connectivity index (χ0n) is 30.2. The quantitative estimate of drug-likeness (QED) is 0.230. The lowest BCUT2D eigenvalue weighted by molar-refractivity contribution is -0.141. The number of nitrogens with two attached hydrogens (primary N) is 1. The third-order valence-corrected chi connectivity index (χ3v) is 12.3. The Morgan fingerprint density at radius 2 is 1.33 bits per heavy atom. The molecular weight excluding hydrogens is 660 g/mol. The standard InChI is InChI=1S/C38H60F4N8O/c39-29-22-45-36-32(35(43)48-50(36)33(29)27-19-15-11-5-2-1-3-6-12-16-20-27)37(51)47-30-23-44-21-28(26-17-13-9-7-4-8-10-14-18-26)34(30)49-24-31(46-25-49)38(40,41)42/h24-30,33-34,44-45H,1-23H2,(H2,43,48)(H,47,51). The summed E-state index contributed by atoms with van der Waals surface area (Å²) in [5.41, 5.74) is 5.74. The second kappa shape index (κ2) is 17.8. The third-order valence-electron chi connectivity index (χ3n) is 12.3. The maximum absolute atomic E-state index is 15.9. The monoisotopic (exact) mass is 720 g/mol. The fraction of sp³-hybridized carbons (Fsp3) is 0.816. The number of nitrogens with one attached hydrogen (secondary N) is 3. The second-order valence-electron chi connectivity index (χ2n) is 15.9. The van der Waals surface area contributed by atoms with Crippen LogP contribution in [0.25, 0.3) is 0 Å². The second-order valence-corrected chi connectivity index (χ2v) is 15.9. The highest BCUT2D eigenvalue weighted by Crippen LogP contribution is 2.42. The summed E-state index contributed by atoms with van der Waals surface area (Å²) < 4.78 is 60.5. The summed E-state index contributed by atoms with van der Waals surface area (Å²) in [5, 5.41) is 14.4. The Labute approximate surface area is 300 Å². The van der Waals surface area contributed by atoms with Crippen molar-refractivity contribution in [3.63, 3.8) is 0 Å². The van der Waals surface area contributed by atoms with Gasteiger partial charge in [0.2, 0.25) is 0 Å². The van der Waals surface area contributed by atoms with Gasteiger partial charge in [-0.1, -0.05) is 116 Å². The van der Waals surface area contributed by atoms with Crippen LogP contribution in [0.15, 0.2) is 12.5 Å². The summed E-state index contributed by atoms with van der Waals surface area (Å²) in [7, 11) is 0. The molecule has 2 aliphatic heterocycles. The number of fused-ring (bicyclic) bond motifs is 1. The average Bonchev–Trinajstić information content (AvgIpc) is 3.72. The number of hydrogen-bond acceptors (Lipinski definition) is 6. The number of imidazole rings is 1. The highest BCUT2D eigenvalue weighted by atomic mass is 19.4. The summed E-state index contributed by atoms with van der Waals surface area (Å²) >= 11 is 0. The molecule has 13 heteroatoms. The van der Waals surface area contributed by atoms with E-state index in [9.17, 15) is 18.0 Å². The van der Waals surface area contributed by atoms with Gasteiger partial charge in [0.25, 0.3) is 5.91 Å². The lowest BCUT2D eigenvalue weighted by Gasteiger charge is -2.43. The number of carbonyl (C=O) groups excluding carboxylic acids is 1. The molecule has 6 rings (SSSR count). The number of rotatable bonds is 5. The van der Waals surface area contributed by atoms with E-state index in [0.717, 1.165) is 83.2 Å². The van der Waals surface area contributed by atoms with Crippen LogP contribution in [-0.2, 0) is 6.18 Å². The fourth-order valence-corrected chi connectivity index (χ4v) is 9.67. The van der Waals surface area contributed by atoms with Crippen molar-refractivity contribution in [3.8, 4) is 0 Å². The Balaban J connectivity index is 1.26. The van der Waals surface area contributed by atoms with Gasteiger partial charge in [-0.15, -0.1) is 0 Å². The predicted octanol–water partition coefficient (Wildman–Crippen LogP) is 8.61. The Bertz CT molecular complexity index is 1370. The molecule has 2 saturated carbocycles. The van der Waals surface area contributed by atoms with Crippen LogP contribution in [0.2, 0.25) is 0 Å². The van der Waals surface area contributed by atoms with E-state index in [2.05, 4.69) is 26.0 Å². The molecule has 2 aliphatic carbocycles. The number of nitrogen functional groups attached to an aromatic ring is 1. The van der Waals surface area contributed by atoms with Crippen LogP contribution in [0, 0.1) is 17.8 Å². The molecule has 5 atom stereocenters. The molecule has 1 saturated heterocycles. The van der Waals surface area contributed by atoms with Crippen LogP contribution < -0.4 is 21.7 Å². The predicted molar refractivity (Wildman–Crippen MR) is 192 cm³/mol. The lowest BCUT2D eigenvalue weighted by Crippen LogP contribution is -2.57. The zero-order valence-corrected chi connectivity index (χ0v) is 30.2. The molecule has 2 aromatic heterocycles. The smallest absolute Gasteiger partial charge is 0.381 e. The van der Waals surface area contributed by atoms with Gasteiger partial charge in [-0.2, -0.15) is 18.3 Å². The Hall–Kier alpha value is -2.83. The van der Waals surface area contributed by atoms with Crippen molar-refractivity contribution in [1.29, 1.82) is 0 Å². The van der Waals surface area contributed by atoms with Gasteiger partial charge in [0, 0.05) is 25.8 Å². The fourth-order valence-electron chi connectivity index (χ4n) is 9.67. The molecule has 5 N–H and O–H groups in total. The number of anilines is 2. The largest absolute Gasteiger partial charge is 0.434 e. The zero-order chi connectivity index (χ0) is 35.8. The van der Waals surface area contributed by atoms with Gasteiger partial charge in [-0.05, 0) is 30.6 Å². The summed E-state index contributed by atoms with van der Waals surface area (Å²) in [6, 6.07) is -1.48. The van der Waals surface area contributed by atoms with E-state index in [1.54, 1.807) is 9.25 Å². The van der Waals surface area contributed by atoms with Gasteiger partial charge in [-0.25, -0.2) is 14.1 Å². The first-order chi connectivity index (χ1) is 24.7. The molecule has 286 valence electrons. The van der Waals surface area contributed by atoms with Gasteiger partial charge >= 0.3 is 6.18 Å². The highest BCUT2D eigenvalue weighted by molar-refractivity contribution is 6.03. The van der Waals surface area contributed by atoms with E-state index in [0.29, 0.717) is 24.8 Å². The number of piperidine rings is 1. The molecule has 51 heavy (non-hydrogen) atoms. The van der Waals surface area contributed by atoms with E-state index < -0.39 is 42.1 Å². The molecule has 0 bridgehead atoms. The maximum atomic E-state index is 15.9. The molecule has 9 nitrogen and oxygen atoms in total. The van der Waals surface area contributed by atoms with E-state index in [1.165, 1.54) is 57.7 Å². The van der Waals surface area contributed by atoms with Crippen LogP contribution in [0.3, 0.4) is 0 Å². The van der Waals surface area contributed by atoms with Crippen molar-refractivity contribution < 1.29 is 22.4 Å². The van der Waals surface area contributed by atoms with Gasteiger partial charge < -0.3 is 26.3 Å². The molecular formula is C38H60F4N8O. The van der Waals surface area contributed by atoms with E-state index in [-0.39, 0.29) is 29.8 Å². The summed E-state index contributed by atoms with van der Waals surface area (Å²) in [6.07, 6.45) is 19.2. The van der Waals surface area contributed by atoms with Crippen LogP contribution in [0.4, 0.5) is 29.2 Å². The van der Waals surface area contributed by atoms with Gasteiger partial charge in [-0.3, -0.25) is 4.79 Å². The lowest BCUT2D eigenvalue weighted by atomic mass is 9.75. The van der Waals surface area contributed by atoms with Crippen molar-refractivity contribution in [2.24, 2.45) is 17.8 Å². The van der Waals surface area contributed by atoms with Crippen molar-refractivity contribution in [2.45, 2.75) is 159 Å². The maximum Gasteiger partial charge on any atom is 0.434 e. The summed E-state index contributed by atoms with van der Waals surface area (Å²) in [4.78, 5) is 18.0. The minimum Gasteiger partial charge on any atom is -0.381 e. The van der Waals surface area contributed by atoms with Crippen molar-refractivity contribution >= 4 is 17.5 Å². The van der Waals surface area contributed by atoms with Gasteiger partial charge in [0.05, 0.1) is 24.5 Å². The van der Waals surface area contributed by atoms with E-state index in [1.807, 2.05) is 0 Å². The van der Waals surface area contributed by atoms with Crippen LogP contribution >= 0.6 is 0 Å². The first kappa shape index (κ1) is 37.9. The molecule has 2 aromatic rings. The molecule has 1 amide bonds. The molecule has 4 heterocycles.